The number of hydrazone groups is 1. The summed E-state index contributed by atoms with van der Waals surface area (Å²) in [5.74, 6) is 1.11. The van der Waals surface area contributed by atoms with Gasteiger partial charge in [0.25, 0.3) is 5.56 Å². The van der Waals surface area contributed by atoms with E-state index in [1.165, 1.54) is 5.56 Å². The van der Waals surface area contributed by atoms with E-state index >= 15 is 0 Å². The van der Waals surface area contributed by atoms with E-state index in [0.29, 0.717) is 12.5 Å². The molecule has 0 unspecified atom stereocenters. The first-order valence-electron chi connectivity index (χ1n) is 9.53. The van der Waals surface area contributed by atoms with Crippen molar-refractivity contribution in [3.8, 4) is 5.75 Å². The number of ether oxygens (including phenoxy) is 1. The van der Waals surface area contributed by atoms with Gasteiger partial charge in [-0.1, -0.05) is 42.5 Å². The van der Waals surface area contributed by atoms with Crippen molar-refractivity contribution in [1.29, 1.82) is 0 Å². The van der Waals surface area contributed by atoms with E-state index < -0.39 is 0 Å². The lowest BCUT2D eigenvalue weighted by molar-refractivity contribution is 0.242. The number of fused-ring (bicyclic) bond motifs is 1. The van der Waals surface area contributed by atoms with Crippen molar-refractivity contribution >= 4 is 12.2 Å². The van der Waals surface area contributed by atoms with E-state index in [-0.39, 0.29) is 5.56 Å². The Morgan fingerprint density at radius 1 is 1.24 bits per heavy atom. The molecule has 0 radical (unpaired) electrons. The van der Waals surface area contributed by atoms with Gasteiger partial charge in [-0.25, -0.2) is 10.4 Å². The SMILES string of the molecule is COc1cccc(/C=N\Nc2nc3c(c(=O)[nH]2)CN(Cc2ccccc2)CC3)c1. The minimum atomic E-state index is -0.119. The Balaban J connectivity index is 1.43. The molecule has 29 heavy (non-hydrogen) atoms. The van der Waals surface area contributed by atoms with Crippen LogP contribution in [0.1, 0.15) is 22.4 Å². The molecule has 7 heteroatoms. The Bertz CT molecular complexity index is 1060. The van der Waals surface area contributed by atoms with Gasteiger partial charge in [-0.2, -0.15) is 5.10 Å². The molecular weight excluding hydrogens is 366 g/mol. The van der Waals surface area contributed by atoms with Crippen molar-refractivity contribution in [1.82, 2.24) is 14.9 Å². The topological polar surface area (TPSA) is 82.6 Å². The second-order valence-corrected chi connectivity index (χ2v) is 6.93. The van der Waals surface area contributed by atoms with Crippen LogP contribution < -0.4 is 15.7 Å². The number of hydrogen-bond acceptors (Lipinski definition) is 6. The van der Waals surface area contributed by atoms with Gasteiger partial charge in [0.2, 0.25) is 5.95 Å². The molecule has 1 aromatic heterocycles. The van der Waals surface area contributed by atoms with E-state index in [1.807, 2.05) is 42.5 Å². The predicted molar refractivity (Wildman–Crippen MR) is 113 cm³/mol. The molecule has 0 saturated carbocycles. The molecule has 0 spiro atoms. The molecule has 1 aliphatic heterocycles. The van der Waals surface area contributed by atoms with Crippen LogP contribution >= 0.6 is 0 Å². The van der Waals surface area contributed by atoms with Crippen LogP contribution in [0.5, 0.6) is 5.75 Å². The number of methoxy groups -OCH3 is 1. The molecule has 7 nitrogen and oxygen atoms in total. The van der Waals surface area contributed by atoms with E-state index in [9.17, 15) is 4.79 Å². The van der Waals surface area contributed by atoms with Crippen LogP contribution in [0.15, 0.2) is 64.5 Å². The minimum Gasteiger partial charge on any atom is -0.497 e. The standard InChI is InChI=1S/C22H23N5O2/c1-29-18-9-5-8-17(12-18)13-23-26-22-24-20-10-11-27(15-19(20)21(28)25-22)14-16-6-3-2-4-7-16/h2-9,12-13H,10-11,14-15H2,1H3,(H2,24,25,26,28)/b23-13-. The summed E-state index contributed by atoms with van der Waals surface area (Å²) in [7, 11) is 1.62. The number of aromatic amines is 1. The summed E-state index contributed by atoms with van der Waals surface area (Å²) in [6, 6.07) is 17.8. The summed E-state index contributed by atoms with van der Waals surface area (Å²) < 4.78 is 5.20. The number of anilines is 1. The molecule has 2 N–H and O–H groups in total. The summed E-state index contributed by atoms with van der Waals surface area (Å²) in [4.78, 5) is 22.2. The first kappa shape index (κ1) is 18.9. The zero-order chi connectivity index (χ0) is 20.1. The average Bonchev–Trinajstić information content (AvgIpc) is 2.75. The maximum Gasteiger partial charge on any atom is 0.257 e. The van der Waals surface area contributed by atoms with Crippen molar-refractivity contribution in [2.24, 2.45) is 5.10 Å². The van der Waals surface area contributed by atoms with Crippen molar-refractivity contribution in [2.75, 3.05) is 19.1 Å². The highest BCUT2D eigenvalue weighted by Crippen LogP contribution is 2.17. The minimum absolute atomic E-state index is 0.119. The Hall–Kier alpha value is -3.45. The molecule has 0 saturated heterocycles. The van der Waals surface area contributed by atoms with Crippen LogP contribution in [0.3, 0.4) is 0 Å². The van der Waals surface area contributed by atoms with Crippen LogP contribution in [-0.2, 0) is 19.5 Å². The first-order chi connectivity index (χ1) is 14.2. The normalized spacial score (nSPS) is 14.0. The second kappa shape index (κ2) is 8.70. The van der Waals surface area contributed by atoms with Crippen LogP contribution in [-0.4, -0.2) is 34.7 Å². The average molecular weight is 389 g/mol. The lowest BCUT2D eigenvalue weighted by Gasteiger charge is -2.27. The van der Waals surface area contributed by atoms with E-state index in [4.69, 9.17) is 4.74 Å². The number of hydrogen-bond donors (Lipinski definition) is 2. The third kappa shape index (κ3) is 4.70. The fourth-order valence-electron chi connectivity index (χ4n) is 3.40. The van der Waals surface area contributed by atoms with Gasteiger partial charge in [0.05, 0.1) is 24.6 Å². The zero-order valence-corrected chi connectivity index (χ0v) is 16.3. The smallest absolute Gasteiger partial charge is 0.257 e. The van der Waals surface area contributed by atoms with Gasteiger partial charge < -0.3 is 4.74 Å². The molecule has 0 bridgehead atoms. The number of nitrogens with zero attached hydrogens (tertiary/aromatic N) is 3. The second-order valence-electron chi connectivity index (χ2n) is 6.93. The van der Waals surface area contributed by atoms with Gasteiger partial charge in [-0.05, 0) is 23.3 Å². The number of aromatic nitrogens is 2. The van der Waals surface area contributed by atoms with E-state index in [2.05, 4.69) is 37.5 Å². The molecule has 0 fully saturated rings. The third-order valence-electron chi connectivity index (χ3n) is 4.87. The lowest BCUT2D eigenvalue weighted by atomic mass is 10.1. The third-order valence-corrected chi connectivity index (χ3v) is 4.87. The lowest BCUT2D eigenvalue weighted by Crippen LogP contribution is -2.35. The summed E-state index contributed by atoms with van der Waals surface area (Å²) in [5, 5.41) is 4.17. The molecule has 3 aromatic rings. The maximum atomic E-state index is 12.6. The van der Waals surface area contributed by atoms with Gasteiger partial charge in [-0.3, -0.25) is 14.7 Å². The van der Waals surface area contributed by atoms with Crippen LogP contribution in [0.25, 0.3) is 0 Å². The van der Waals surface area contributed by atoms with E-state index in [0.717, 1.165) is 42.1 Å². The van der Waals surface area contributed by atoms with Crippen molar-refractivity contribution in [3.05, 3.63) is 87.3 Å². The van der Waals surface area contributed by atoms with Crippen molar-refractivity contribution in [2.45, 2.75) is 19.5 Å². The number of rotatable bonds is 6. The summed E-state index contributed by atoms with van der Waals surface area (Å²) in [6.45, 7) is 2.29. The first-order valence-corrected chi connectivity index (χ1v) is 9.53. The molecule has 0 atom stereocenters. The molecule has 4 rings (SSSR count). The number of nitrogens with one attached hydrogen (secondary N) is 2. The van der Waals surface area contributed by atoms with E-state index in [1.54, 1.807) is 13.3 Å². The molecule has 2 aromatic carbocycles. The van der Waals surface area contributed by atoms with Gasteiger partial charge in [-0.15, -0.1) is 0 Å². The van der Waals surface area contributed by atoms with Gasteiger partial charge >= 0.3 is 0 Å². The maximum absolute atomic E-state index is 12.6. The van der Waals surface area contributed by atoms with Crippen LogP contribution in [0.2, 0.25) is 0 Å². The fraction of sp³-hybridized carbons (Fsp3) is 0.227. The van der Waals surface area contributed by atoms with Crippen molar-refractivity contribution in [3.63, 3.8) is 0 Å². The molecule has 0 amide bonds. The Labute approximate surface area is 169 Å². The van der Waals surface area contributed by atoms with Gasteiger partial charge in [0.15, 0.2) is 0 Å². The Morgan fingerprint density at radius 2 is 2.10 bits per heavy atom. The monoisotopic (exact) mass is 389 g/mol. The number of benzene rings is 2. The Kier molecular flexibility index (Phi) is 5.67. The molecule has 148 valence electrons. The highest BCUT2D eigenvalue weighted by atomic mass is 16.5. The largest absolute Gasteiger partial charge is 0.497 e. The predicted octanol–water partition coefficient (Wildman–Crippen LogP) is 2.78. The zero-order valence-electron chi connectivity index (χ0n) is 16.3. The molecule has 2 heterocycles. The molecule has 0 aliphatic carbocycles. The van der Waals surface area contributed by atoms with Crippen LogP contribution in [0, 0.1) is 0 Å². The molecule has 1 aliphatic rings. The number of H-pyrrole nitrogens is 1. The highest BCUT2D eigenvalue weighted by molar-refractivity contribution is 5.80. The van der Waals surface area contributed by atoms with Crippen molar-refractivity contribution < 1.29 is 4.74 Å². The quantitative estimate of drug-likeness (QED) is 0.500. The molecular formula is C22H23N5O2. The summed E-state index contributed by atoms with van der Waals surface area (Å²) in [5.41, 5.74) is 6.39. The van der Waals surface area contributed by atoms with Gasteiger partial charge in [0.1, 0.15) is 5.75 Å². The van der Waals surface area contributed by atoms with Gasteiger partial charge in [0, 0.05) is 26.1 Å². The highest BCUT2D eigenvalue weighted by Gasteiger charge is 2.21. The van der Waals surface area contributed by atoms with Crippen LogP contribution in [0.4, 0.5) is 5.95 Å². The summed E-state index contributed by atoms with van der Waals surface area (Å²) >= 11 is 0. The fourth-order valence-corrected chi connectivity index (χ4v) is 3.40. The Morgan fingerprint density at radius 3 is 2.93 bits per heavy atom. The summed E-state index contributed by atoms with van der Waals surface area (Å²) in [6.07, 6.45) is 2.39.